The molecule has 0 aliphatic rings. The van der Waals surface area contributed by atoms with Gasteiger partial charge in [-0.25, -0.2) is 4.98 Å². The van der Waals surface area contributed by atoms with Crippen LogP contribution < -0.4 is 16.6 Å². The number of fused-ring (bicyclic) bond motifs is 1. The minimum atomic E-state index is -0.671. The van der Waals surface area contributed by atoms with Crippen LogP contribution in [-0.4, -0.2) is 21.4 Å². The Morgan fingerprint density at radius 3 is 2.48 bits per heavy atom. The van der Waals surface area contributed by atoms with Crippen molar-refractivity contribution in [3.8, 4) is 0 Å². The van der Waals surface area contributed by atoms with Gasteiger partial charge >= 0.3 is 0 Å². The van der Waals surface area contributed by atoms with Crippen LogP contribution in [0.15, 0.2) is 77.7 Å². The number of carbonyl (C=O) groups excluding carboxylic acids is 2. The van der Waals surface area contributed by atoms with E-state index < -0.39 is 17.4 Å². The number of nitrogens with zero attached hydrogens (tertiary/aromatic N) is 2. The molecule has 31 heavy (non-hydrogen) atoms. The van der Waals surface area contributed by atoms with Crippen molar-refractivity contribution in [3.05, 3.63) is 106 Å². The van der Waals surface area contributed by atoms with Crippen molar-refractivity contribution < 1.29 is 9.59 Å². The van der Waals surface area contributed by atoms with Crippen LogP contribution >= 0.6 is 0 Å². The maximum Gasteiger partial charge on any atom is 0.265 e. The van der Waals surface area contributed by atoms with Crippen LogP contribution in [0.4, 0.5) is 5.69 Å². The second-order valence-corrected chi connectivity index (χ2v) is 7.22. The number of aryl methyl sites for hydroxylation is 1. The van der Waals surface area contributed by atoms with E-state index in [0.29, 0.717) is 11.0 Å². The van der Waals surface area contributed by atoms with Crippen LogP contribution in [0.1, 0.15) is 31.8 Å². The Labute approximate surface area is 178 Å². The summed E-state index contributed by atoms with van der Waals surface area (Å²) in [5.74, 6) is -1.29. The van der Waals surface area contributed by atoms with E-state index in [9.17, 15) is 14.4 Å². The molecule has 2 amide bonds. The summed E-state index contributed by atoms with van der Waals surface area (Å²) in [6.07, 6.45) is 1.61. The van der Waals surface area contributed by atoms with Gasteiger partial charge in [0.25, 0.3) is 17.4 Å². The Bertz CT molecular complexity index is 1360. The molecular weight excluding hydrogens is 392 g/mol. The number of nitrogens with one attached hydrogen (secondary N) is 1. The number of benzene rings is 2. The Balaban J connectivity index is 1.79. The van der Waals surface area contributed by atoms with Gasteiger partial charge in [0.2, 0.25) is 0 Å². The molecule has 0 radical (unpaired) electrons. The number of anilines is 1. The third-order valence-electron chi connectivity index (χ3n) is 4.99. The number of para-hydroxylation sites is 1. The van der Waals surface area contributed by atoms with E-state index in [-0.39, 0.29) is 23.4 Å². The molecule has 0 spiro atoms. The van der Waals surface area contributed by atoms with E-state index in [4.69, 9.17) is 5.73 Å². The molecule has 0 unspecified atom stereocenters. The molecule has 4 aromatic rings. The largest absolute Gasteiger partial charge is 0.366 e. The fourth-order valence-electron chi connectivity index (χ4n) is 3.39. The highest BCUT2D eigenvalue weighted by Gasteiger charge is 2.18. The maximum absolute atomic E-state index is 13.3. The summed E-state index contributed by atoms with van der Waals surface area (Å²) in [4.78, 5) is 42.3. The molecule has 0 fully saturated rings. The fraction of sp³-hybridized carbons (Fsp3) is 0.0833. The zero-order valence-electron chi connectivity index (χ0n) is 16.8. The second-order valence-electron chi connectivity index (χ2n) is 7.22. The van der Waals surface area contributed by atoms with Gasteiger partial charge in [-0.05, 0) is 42.8 Å². The number of amides is 2. The lowest BCUT2D eigenvalue weighted by molar-refractivity contribution is 0.100. The standard InChI is InChI=1S/C24H20N4O3/c1-15-8-10-16(11-9-15)14-28-22-17(5-4-12-26-22)13-19(24(28)31)23(30)27-20-7-3-2-6-18(20)21(25)29/h2-13H,14H2,1H3,(H2,25,29)(H,27,30). The summed E-state index contributed by atoms with van der Waals surface area (Å²) >= 11 is 0. The number of carbonyl (C=O) groups is 2. The lowest BCUT2D eigenvalue weighted by Gasteiger charge is -2.13. The minimum absolute atomic E-state index is 0.0492. The quantitative estimate of drug-likeness (QED) is 0.525. The number of rotatable bonds is 5. The Morgan fingerprint density at radius 1 is 1.00 bits per heavy atom. The first-order valence-corrected chi connectivity index (χ1v) is 9.68. The molecule has 2 aromatic heterocycles. The van der Waals surface area contributed by atoms with Crippen LogP contribution in [0, 0.1) is 6.92 Å². The first-order chi connectivity index (χ1) is 14.9. The third kappa shape index (κ3) is 4.06. The molecule has 2 aromatic carbocycles. The predicted molar refractivity (Wildman–Crippen MR) is 119 cm³/mol. The Morgan fingerprint density at radius 2 is 1.74 bits per heavy atom. The third-order valence-corrected chi connectivity index (χ3v) is 4.99. The highest BCUT2D eigenvalue weighted by atomic mass is 16.2. The summed E-state index contributed by atoms with van der Waals surface area (Å²) in [7, 11) is 0. The van der Waals surface area contributed by atoms with Gasteiger partial charge in [0, 0.05) is 11.6 Å². The number of hydrogen-bond acceptors (Lipinski definition) is 4. The number of pyridine rings is 2. The molecule has 3 N–H and O–H groups in total. The van der Waals surface area contributed by atoms with Gasteiger partial charge in [0.05, 0.1) is 17.8 Å². The van der Waals surface area contributed by atoms with Crippen LogP contribution in [0.2, 0.25) is 0 Å². The molecule has 0 bridgehead atoms. The van der Waals surface area contributed by atoms with E-state index in [0.717, 1.165) is 11.1 Å². The molecule has 7 nitrogen and oxygen atoms in total. The predicted octanol–water partition coefficient (Wildman–Crippen LogP) is 3.10. The van der Waals surface area contributed by atoms with Crippen molar-refractivity contribution in [2.45, 2.75) is 13.5 Å². The highest BCUT2D eigenvalue weighted by molar-refractivity contribution is 6.09. The minimum Gasteiger partial charge on any atom is -0.366 e. The van der Waals surface area contributed by atoms with Crippen molar-refractivity contribution in [2.75, 3.05) is 5.32 Å². The molecule has 0 atom stereocenters. The van der Waals surface area contributed by atoms with Crippen molar-refractivity contribution >= 4 is 28.5 Å². The Hall–Kier alpha value is -4.26. The summed E-state index contributed by atoms with van der Waals surface area (Å²) in [6, 6.07) is 19.2. The molecule has 2 heterocycles. The van der Waals surface area contributed by atoms with Gasteiger partial charge in [-0.15, -0.1) is 0 Å². The van der Waals surface area contributed by atoms with Crippen molar-refractivity contribution in [1.82, 2.24) is 9.55 Å². The molecule has 154 valence electrons. The average molecular weight is 412 g/mol. The second kappa shape index (κ2) is 8.23. The molecule has 7 heteroatoms. The molecule has 0 aliphatic carbocycles. The number of nitrogens with two attached hydrogens (primary N) is 1. The SMILES string of the molecule is Cc1ccc(Cn2c(=O)c(C(=O)Nc3ccccc3C(N)=O)cc3cccnc32)cc1. The first kappa shape index (κ1) is 20.0. The zero-order valence-corrected chi connectivity index (χ0v) is 16.8. The lowest BCUT2D eigenvalue weighted by atomic mass is 10.1. The molecular formula is C24H20N4O3. The van der Waals surface area contributed by atoms with Crippen molar-refractivity contribution in [3.63, 3.8) is 0 Å². The van der Waals surface area contributed by atoms with Gasteiger partial charge in [-0.2, -0.15) is 0 Å². The molecule has 0 aliphatic heterocycles. The smallest absolute Gasteiger partial charge is 0.265 e. The molecule has 4 rings (SSSR count). The number of primary amides is 1. The number of hydrogen-bond donors (Lipinski definition) is 2. The van der Waals surface area contributed by atoms with E-state index in [1.54, 1.807) is 36.5 Å². The monoisotopic (exact) mass is 412 g/mol. The van der Waals surface area contributed by atoms with Gasteiger partial charge in [0.15, 0.2) is 0 Å². The zero-order chi connectivity index (χ0) is 22.0. The van der Waals surface area contributed by atoms with Crippen LogP contribution in [0.25, 0.3) is 11.0 Å². The summed E-state index contributed by atoms with van der Waals surface area (Å²) < 4.78 is 1.48. The van der Waals surface area contributed by atoms with Gasteiger partial charge in [-0.1, -0.05) is 42.0 Å². The lowest BCUT2D eigenvalue weighted by Crippen LogP contribution is -2.30. The topological polar surface area (TPSA) is 107 Å². The molecule has 0 saturated heterocycles. The van der Waals surface area contributed by atoms with Crippen LogP contribution in [0.3, 0.4) is 0 Å². The average Bonchev–Trinajstić information content (AvgIpc) is 2.77. The van der Waals surface area contributed by atoms with Crippen LogP contribution in [-0.2, 0) is 6.54 Å². The summed E-state index contributed by atoms with van der Waals surface area (Å²) in [5.41, 5.74) is 7.79. The van der Waals surface area contributed by atoms with Gasteiger partial charge < -0.3 is 11.1 Å². The highest BCUT2D eigenvalue weighted by Crippen LogP contribution is 2.17. The first-order valence-electron chi connectivity index (χ1n) is 9.68. The fourth-order valence-corrected chi connectivity index (χ4v) is 3.39. The van der Waals surface area contributed by atoms with Crippen molar-refractivity contribution in [1.29, 1.82) is 0 Å². The summed E-state index contributed by atoms with van der Waals surface area (Å²) in [5, 5.41) is 3.29. The normalized spacial score (nSPS) is 10.7. The maximum atomic E-state index is 13.3. The number of aromatic nitrogens is 2. The van der Waals surface area contributed by atoms with Crippen LogP contribution in [0.5, 0.6) is 0 Å². The van der Waals surface area contributed by atoms with E-state index in [2.05, 4.69) is 10.3 Å². The Kier molecular flexibility index (Phi) is 5.32. The van der Waals surface area contributed by atoms with Gasteiger partial charge in [0.1, 0.15) is 11.2 Å². The van der Waals surface area contributed by atoms with E-state index in [1.807, 2.05) is 31.2 Å². The van der Waals surface area contributed by atoms with E-state index in [1.165, 1.54) is 16.7 Å². The molecule has 0 saturated carbocycles. The summed E-state index contributed by atoms with van der Waals surface area (Å²) in [6.45, 7) is 2.26. The van der Waals surface area contributed by atoms with Gasteiger partial charge in [-0.3, -0.25) is 19.0 Å². The van der Waals surface area contributed by atoms with E-state index >= 15 is 0 Å². The van der Waals surface area contributed by atoms with Crippen molar-refractivity contribution in [2.24, 2.45) is 5.73 Å².